The molecular formula is C26H32N2O9S. The van der Waals surface area contributed by atoms with Crippen LogP contribution in [0.5, 0.6) is 11.5 Å². The summed E-state index contributed by atoms with van der Waals surface area (Å²) in [4.78, 5) is 37.3. The van der Waals surface area contributed by atoms with Gasteiger partial charge in [0.25, 0.3) is 0 Å². The molecule has 0 bridgehead atoms. The van der Waals surface area contributed by atoms with Crippen molar-refractivity contribution in [2.75, 3.05) is 40.3 Å². The lowest BCUT2D eigenvalue weighted by atomic mass is 9.95. The number of carbonyl (C=O) groups is 3. The number of nitrogens with one attached hydrogen (secondary N) is 1. The van der Waals surface area contributed by atoms with Gasteiger partial charge >= 0.3 is 11.9 Å². The van der Waals surface area contributed by atoms with Crippen molar-refractivity contribution in [3.63, 3.8) is 0 Å². The molecule has 0 heterocycles. The van der Waals surface area contributed by atoms with E-state index in [1.165, 1.54) is 69.1 Å². The van der Waals surface area contributed by atoms with Gasteiger partial charge in [0, 0.05) is 17.8 Å². The van der Waals surface area contributed by atoms with Crippen LogP contribution in [0.15, 0.2) is 41.3 Å². The SMILES string of the molecule is COC(=O)c1cc(NC(=O)CN(C2CCCCC2)S(=O)(=O)c2ccc(OC)c(OC)c2)cc(C(=O)OC)c1. The number of nitrogens with zero attached hydrogens (tertiary/aromatic N) is 1. The number of ether oxygens (including phenoxy) is 4. The summed E-state index contributed by atoms with van der Waals surface area (Å²) in [6.07, 6.45) is 3.90. The van der Waals surface area contributed by atoms with Crippen molar-refractivity contribution in [3.8, 4) is 11.5 Å². The molecule has 1 fully saturated rings. The third kappa shape index (κ3) is 6.62. The molecule has 3 rings (SSSR count). The molecule has 1 aliphatic rings. The zero-order chi connectivity index (χ0) is 27.9. The van der Waals surface area contributed by atoms with Crippen LogP contribution in [0.1, 0.15) is 52.8 Å². The Balaban J connectivity index is 1.94. The van der Waals surface area contributed by atoms with Crippen molar-refractivity contribution < 1.29 is 41.7 Å². The quantitative estimate of drug-likeness (QED) is 0.444. The molecule has 2 aromatic carbocycles. The number of methoxy groups -OCH3 is 4. The number of esters is 2. The van der Waals surface area contributed by atoms with Crippen LogP contribution in [0.25, 0.3) is 0 Å². The zero-order valence-corrected chi connectivity index (χ0v) is 22.6. The lowest BCUT2D eigenvalue weighted by Gasteiger charge is -2.33. The van der Waals surface area contributed by atoms with E-state index in [-0.39, 0.29) is 33.5 Å². The summed E-state index contributed by atoms with van der Waals surface area (Å²) in [6, 6.07) is 7.85. The number of carbonyl (C=O) groups excluding carboxylic acids is 3. The van der Waals surface area contributed by atoms with Gasteiger partial charge in [-0.25, -0.2) is 18.0 Å². The maximum Gasteiger partial charge on any atom is 0.337 e. The normalized spacial score (nSPS) is 14.0. The second-order valence-corrected chi connectivity index (χ2v) is 10.6. The van der Waals surface area contributed by atoms with Crippen LogP contribution < -0.4 is 14.8 Å². The number of benzene rings is 2. The molecular weight excluding hydrogens is 516 g/mol. The first-order chi connectivity index (χ1) is 18.1. The number of anilines is 1. The minimum Gasteiger partial charge on any atom is -0.493 e. The van der Waals surface area contributed by atoms with Gasteiger partial charge in [0.15, 0.2) is 11.5 Å². The van der Waals surface area contributed by atoms with Gasteiger partial charge in [-0.2, -0.15) is 4.31 Å². The molecule has 12 heteroatoms. The van der Waals surface area contributed by atoms with E-state index in [0.29, 0.717) is 18.6 Å². The molecule has 0 unspecified atom stereocenters. The van der Waals surface area contributed by atoms with E-state index in [2.05, 4.69) is 5.32 Å². The first kappa shape index (κ1) is 28.9. The number of amides is 1. The Kier molecular flexibility index (Phi) is 9.70. The topological polar surface area (TPSA) is 138 Å². The van der Waals surface area contributed by atoms with Crippen molar-refractivity contribution >= 4 is 33.6 Å². The van der Waals surface area contributed by atoms with E-state index in [1.54, 1.807) is 0 Å². The van der Waals surface area contributed by atoms with Crippen molar-refractivity contribution in [2.45, 2.75) is 43.0 Å². The lowest BCUT2D eigenvalue weighted by Crippen LogP contribution is -2.45. The highest BCUT2D eigenvalue weighted by Crippen LogP contribution is 2.33. The van der Waals surface area contributed by atoms with E-state index < -0.39 is 34.4 Å². The van der Waals surface area contributed by atoms with Crippen LogP contribution in [0, 0.1) is 0 Å². The molecule has 38 heavy (non-hydrogen) atoms. The van der Waals surface area contributed by atoms with Gasteiger partial charge in [-0.15, -0.1) is 0 Å². The van der Waals surface area contributed by atoms with Crippen molar-refractivity contribution in [1.29, 1.82) is 0 Å². The standard InChI is InChI=1S/C26H32N2O9S/c1-34-22-11-10-21(15-23(22)35-2)38(32,33)28(20-8-6-5-7-9-20)16-24(29)27-19-13-17(25(30)36-3)12-18(14-19)26(31)37-4/h10-15,20H,5-9,16H2,1-4H3,(H,27,29). The molecule has 1 N–H and O–H groups in total. The number of rotatable bonds is 10. The Labute approximate surface area is 222 Å². The summed E-state index contributed by atoms with van der Waals surface area (Å²) < 4.78 is 48.7. The maximum atomic E-state index is 13.8. The van der Waals surface area contributed by atoms with Crippen LogP contribution in [0.4, 0.5) is 5.69 Å². The fraction of sp³-hybridized carbons (Fsp3) is 0.423. The maximum absolute atomic E-state index is 13.8. The van der Waals surface area contributed by atoms with Gasteiger partial charge in [-0.1, -0.05) is 19.3 Å². The fourth-order valence-corrected chi connectivity index (χ4v) is 6.06. The number of hydrogen-bond donors (Lipinski definition) is 1. The Bertz CT molecular complexity index is 1250. The van der Waals surface area contributed by atoms with Crippen LogP contribution in [-0.2, 0) is 24.3 Å². The summed E-state index contributed by atoms with van der Waals surface area (Å²) in [5.41, 5.74) is 0.158. The summed E-state index contributed by atoms with van der Waals surface area (Å²) in [5, 5.41) is 2.61. The number of hydrogen-bond acceptors (Lipinski definition) is 9. The van der Waals surface area contributed by atoms with Crippen molar-refractivity contribution in [1.82, 2.24) is 4.31 Å². The minimum absolute atomic E-state index is 0.0211. The summed E-state index contributed by atoms with van der Waals surface area (Å²) in [6.45, 7) is -0.475. The Morgan fingerprint density at radius 3 is 1.95 bits per heavy atom. The predicted molar refractivity (Wildman–Crippen MR) is 138 cm³/mol. The van der Waals surface area contributed by atoms with Crippen LogP contribution in [0.2, 0.25) is 0 Å². The fourth-order valence-electron chi connectivity index (χ4n) is 4.40. The summed E-state index contributed by atoms with van der Waals surface area (Å²) in [7, 11) is 1.12. The second kappa shape index (κ2) is 12.7. The third-order valence-corrected chi connectivity index (χ3v) is 8.20. The van der Waals surface area contributed by atoms with Crippen molar-refractivity contribution in [2.24, 2.45) is 0 Å². The lowest BCUT2D eigenvalue weighted by molar-refractivity contribution is -0.116. The Morgan fingerprint density at radius 1 is 0.842 bits per heavy atom. The zero-order valence-electron chi connectivity index (χ0n) is 21.8. The smallest absolute Gasteiger partial charge is 0.337 e. The molecule has 1 aliphatic carbocycles. The van der Waals surface area contributed by atoms with E-state index >= 15 is 0 Å². The molecule has 2 aromatic rings. The molecule has 0 saturated heterocycles. The Hall–Kier alpha value is -3.64. The summed E-state index contributed by atoms with van der Waals surface area (Å²) >= 11 is 0. The van der Waals surface area contributed by atoms with Gasteiger partial charge in [0.05, 0.1) is 51.0 Å². The van der Waals surface area contributed by atoms with Crippen LogP contribution in [-0.4, -0.2) is 71.6 Å². The van der Waals surface area contributed by atoms with E-state index in [0.717, 1.165) is 19.3 Å². The monoisotopic (exact) mass is 548 g/mol. The van der Waals surface area contributed by atoms with Gasteiger partial charge in [0.2, 0.25) is 15.9 Å². The predicted octanol–water partition coefficient (Wildman–Crippen LogP) is 3.24. The largest absolute Gasteiger partial charge is 0.493 e. The van der Waals surface area contributed by atoms with Gasteiger partial charge in [0.1, 0.15) is 0 Å². The molecule has 0 radical (unpaired) electrons. The Morgan fingerprint density at radius 2 is 1.42 bits per heavy atom. The molecule has 206 valence electrons. The second-order valence-electron chi connectivity index (χ2n) is 8.69. The van der Waals surface area contributed by atoms with E-state index in [4.69, 9.17) is 18.9 Å². The van der Waals surface area contributed by atoms with Crippen molar-refractivity contribution in [3.05, 3.63) is 47.5 Å². The highest BCUT2D eigenvalue weighted by atomic mass is 32.2. The molecule has 1 saturated carbocycles. The number of sulfonamides is 1. The molecule has 0 aliphatic heterocycles. The highest BCUT2D eigenvalue weighted by Gasteiger charge is 2.34. The van der Waals surface area contributed by atoms with Gasteiger partial charge < -0.3 is 24.3 Å². The third-order valence-electron chi connectivity index (χ3n) is 6.30. The molecule has 0 aromatic heterocycles. The van der Waals surface area contributed by atoms with Crippen LogP contribution in [0.3, 0.4) is 0 Å². The molecule has 0 atom stereocenters. The summed E-state index contributed by atoms with van der Waals surface area (Å²) in [5.74, 6) is -1.45. The van der Waals surface area contributed by atoms with E-state index in [9.17, 15) is 22.8 Å². The van der Waals surface area contributed by atoms with Gasteiger partial charge in [-0.05, 0) is 43.2 Å². The average molecular weight is 549 g/mol. The molecule has 0 spiro atoms. The highest BCUT2D eigenvalue weighted by molar-refractivity contribution is 7.89. The minimum atomic E-state index is -4.11. The van der Waals surface area contributed by atoms with Gasteiger partial charge in [-0.3, -0.25) is 4.79 Å². The first-order valence-electron chi connectivity index (χ1n) is 12.0. The molecule has 1 amide bonds. The average Bonchev–Trinajstić information content (AvgIpc) is 2.94. The van der Waals surface area contributed by atoms with E-state index in [1.807, 2.05) is 0 Å². The first-order valence-corrected chi connectivity index (χ1v) is 13.4. The van der Waals surface area contributed by atoms with Crippen LogP contribution >= 0.6 is 0 Å². The molecule has 11 nitrogen and oxygen atoms in total.